The molecule has 0 aliphatic heterocycles. The molecule has 5 nitrogen and oxygen atoms in total. The molecule has 0 aliphatic rings. The Labute approximate surface area is 130 Å². The average molecular weight is 306 g/mol. The summed E-state index contributed by atoms with van der Waals surface area (Å²) in [5.41, 5.74) is 0. The number of hydrogen-bond donors (Lipinski definition) is 0. The Hall–Kier alpha value is -0.200. The lowest BCUT2D eigenvalue weighted by Crippen LogP contribution is -2.13. The fourth-order valence-electron chi connectivity index (χ4n) is 1.47. The molecule has 0 unspecified atom stereocenters. The van der Waals surface area contributed by atoms with Gasteiger partial charge in [-0.15, -0.1) is 0 Å². The molecular formula is C16H34O5. The van der Waals surface area contributed by atoms with E-state index in [1.54, 1.807) is 0 Å². The minimum Gasteiger partial charge on any atom is -0.379 e. The number of ether oxygens (including phenoxy) is 5. The highest BCUT2D eigenvalue weighted by Gasteiger charge is 1.93. The predicted octanol–water partition coefficient (Wildman–Crippen LogP) is 2.67. The van der Waals surface area contributed by atoms with Gasteiger partial charge in [0.05, 0.1) is 52.9 Å². The molecule has 0 saturated heterocycles. The molecule has 5 heteroatoms. The van der Waals surface area contributed by atoms with Gasteiger partial charge in [0.25, 0.3) is 0 Å². The number of rotatable bonds is 18. The van der Waals surface area contributed by atoms with Gasteiger partial charge in [-0.2, -0.15) is 0 Å². The van der Waals surface area contributed by atoms with E-state index in [-0.39, 0.29) is 0 Å². The van der Waals surface area contributed by atoms with Crippen molar-refractivity contribution in [3.05, 3.63) is 0 Å². The van der Waals surface area contributed by atoms with Gasteiger partial charge in [-0.1, -0.05) is 26.7 Å². The van der Waals surface area contributed by atoms with E-state index in [1.807, 2.05) is 0 Å². The summed E-state index contributed by atoms with van der Waals surface area (Å²) >= 11 is 0. The summed E-state index contributed by atoms with van der Waals surface area (Å²) in [5.74, 6) is 0. The van der Waals surface area contributed by atoms with Gasteiger partial charge in [-0.25, -0.2) is 0 Å². The molecule has 0 amide bonds. The Morgan fingerprint density at radius 2 is 0.619 bits per heavy atom. The highest BCUT2D eigenvalue weighted by Crippen LogP contribution is 1.89. The van der Waals surface area contributed by atoms with E-state index in [0.717, 1.165) is 26.1 Å². The molecule has 0 radical (unpaired) electrons. The summed E-state index contributed by atoms with van der Waals surface area (Å²) in [6.07, 6.45) is 4.57. The largest absolute Gasteiger partial charge is 0.379 e. The molecule has 0 bridgehead atoms. The molecule has 0 atom stereocenters. The first kappa shape index (κ1) is 20.8. The molecule has 0 spiro atoms. The zero-order valence-corrected chi connectivity index (χ0v) is 13.9. The fourth-order valence-corrected chi connectivity index (χ4v) is 1.47. The van der Waals surface area contributed by atoms with Crippen LogP contribution in [0.2, 0.25) is 0 Å². The van der Waals surface area contributed by atoms with Gasteiger partial charge in [0.15, 0.2) is 0 Å². The molecule has 128 valence electrons. The van der Waals surface area contributed by atoms with Gasteiger partial charge in [0, 0.05) is 13.2 Å². The minimum atomic E-state index is 0.602. The molecule has 0 fully saturated rings. The summed E-state index contributed by atoms with van der Waals surface area (Å²) in [7, 11) is 0. The van der Waals surface area contributed by atoms with Crippen LogP contribution in [0.25, 0.3) is 0 Å². The highest BCUT2D eigenvalue weighted by atomic mass is 16.6. The Kier molecular flexibility index (Phi) is 19.6. The lowest BCUT2D eigenvalue weighted by Gasteiger charge is -2.07. The van der Waals surface area contributed by atoms with Crippen molar-refractivity contribution in [3.8, 4) is 0 Å². The van der Waals surface area contributed by atoms with Crippen molar-refractivity contribution in [2.24, 2.45) is 0 Å². The first-order valence-corrected chi connectivity index (χ1v) is 8.30. The van der Waals surface area contributed by atoms with Gasteiger partial charge in [-0.05, 0) is 12.8 Å². The third kappa shape index (κ3) is 19.8. The maximum atomic E-state index is 5.39. The summed E-state index contributed by atoms with van der Waals surface area (Å²) in [6, 6.07) is 0. The van der Waals surface area contributed by atoms with E-state index in [4.69, 9.17) is 23.7 Å². The molecule has 0 aliphatic carbocycles. The van der Waals surface area contributed by atoms with Gasteiger partial charge in [0.1, 0.15) is 0 Å². The van der Waals surface area contributed by atoms with Crippen LogP contribution >= 0.6 is 0 Å². The summed E-state index contributed by atoms with van der Waals surface area (Å²) in [6.45, 7) is 11.0. The normalized spacial score (nSPS) is 11.1. The van der Waals surface area contributed by atoms with Crippen molar-refractivity contribution < 1.29 is 23.7 Å². The molecule has 0 aromatic carbocycles. The summed E-state index contributed by atoms with van der Waals surface area (Å²) < 4.78 is 26.9. The zero-order chi connectivity index (χ0) is 15.4. The standard InChI is InChI=1S/C16H34O5/c1-3-5-7-17-9-11-19-13-15-21-16-14-20-12-10-18-8-6-4-2/h3-16H2,1-2H3. The Bertz CT molecular complexity index is 160. The van der Waals surface area contributed by atoms with E-state index in [2.05, 4.69) is 13.8 Å². The van der Waals surface area contributed by atoms with E-state index in [0.29, 0.717) is 52.9 Å². The van der Waals surface area contributed by atoms with E-state index in [9.17, 15) is 0 Å². The molecule has 0 rings (SSSR count). The topological polar surface area (TPSA) is 46.2 Å². The second kappa shape index (κ2) is 19.8. The van der Waals surface area contributed by atoms with Crippen molar-refractivity contribution in [1.29, 1.82) is 0 Å². The first-order valence-electron chi connectivity index (χ1n) is 8.30. The lowest BCUT2D eigenvalue weighted by atomic mass is 10.4. The zero-order valence-electron chi connectivity index (χ0n) is 13.9. The Morgan fingerprint density at radius 1 is 0.381 bits per heavy atom. The van der Waals surface area contributed by atoms with Crippen molar-refractivity contribution >= 4 is 0 Å². The Morgan fingerprint density at radius 3 is 0.857 bits per heavy atom. The number of hydrogen-bond acceptors (Lipinski definition) is 5. The van der Waals surface area contributed by atoms with Crippen LogP contribution in [-0.4, -0.2) is 66.1 Å². The SMILES string of the molecule is CCCCOCCOCCOCCOCCOCCCC. The van der Waals surface area contributed by atoms with E-state index in [1.165, 1.54) is 12.8 Å². The van der Waals surface area contributed by atoms with E-state index < -0.39 is 0 Å². The summed E-state index contributed by atoms with van der Waals surface area (Å²) in [4.78, 5) is 0. The maximum absolute atomic E-state index is 5.39. The molecule has 0 aromatic heterocycles. The smallest absolute Gasteiger partial charge is 0.0701 e. The minimum absolute atomic E-state index is 0.602. The fraction of sp³-hybridized carbons (Fsp3) is 1.00. The van der Waals surface area contributed by atoms with Gasteiger partial charge < -0.3 is 23.7 Å². The van der Waals surface area contributed by atoms with Crippen molar-refractivity contribution in [2.45, 2.75) is 39.5 Å². The van der Waals surface area contributed by atoms with Crippen LogP contribution in [0.3, 0.4) is 0 Å². The van der Waals surface area contributed by atoms with Crippen LogP contribution in [-0.2, 0) is 23.7 Å². The lowest BCUT2D eigenvalue weighted by molar-refractivity contribution is -0.0113. The molecule has 0 heterocycles. The highest BCUT2D eigenvalue weighted by molar-refractivity contribution is 4.37. The average Bonchev–Trinajstić information content (AvgIpc) is 2.50. The third-order valence-electron chi connectivity index (χ3n) is 2.77. The van der Waals surface area contributed by atoms with Gasteiger partial charge >= 0.3 is 0 Å². The number of unbranched alkanes of at least 4 members (excludes halogenated alkanes) is 2. The van der Waals surface area contributed by atoms with E-state index >= 15 is 0 Å². The summed E-state index contributed by atoms with van der Waals surface area (Å²) in [5, 5.41) is 0. The first-order chi connectivity index (χ1) is 10.4. The third-order valence-corrected chi connectivity index (χ3v) is 2.77. The quantitative estimate of drug-likeness (QED) is 0.364. The van der Waals surface area contributed by atoms with Crippen LogP contribution < -0.4 is 0 Å². The van der Waals surface area contributed by atoms with Crippen molar-refractivity contribution in [1.82, 2.24) is 0 Å². The van der Waals surface area contributed by atoms with Crippen LogP contribution in [0.5, 0.6) is 0 Å². The van der Waals surface area contributed by atoms with Gasteiger partial charge in [0.2, 0.25) is 0 Å². The Balaban J connectivity index is 2.90. The molecular weight excluding hydrogens is 272 g/mol. The second-order valence-corrected chi connectivity index (χ2v) is 4.77. The van der Waals surface area contributed by atoms with Crippen LogP contribution in [0.1, 0.15) is 39.5 Å². The molecule has 0 N–H and O–H groups in total. The second-order valence-electron chi connectivity index (χ2n) is 4.77. The monoisotopic (exact) mass is 306 g/mol. The van der Waals surface area contributed by atoms with Crippen LogP contribution in [0.15, 0.2) is 0 Å². The molecule has 0 aromatic rings. The maximum Gasteiger partial charge on any atom is 0.0701 e. The van der Waals surface area contributed by atoms with Crippen molar-refractivity contribution in [2.75, 3.05) is 66.1 Å². The predicted molar refractivity (Wildman–Crippen MR) is 83.9 cm³/mol. The molecule has 0 saturated carbocycles. The van der Waals surface area contributed by atoms with Crippen LogP contribution in [0.4, 0.5) is 0 Å². The molecule has 21 heavy (non-hydrogen) atoms. The van der Waals surface area contributed by atoms with Crippen molar-refractivity contribution in [3.63, 3.8) is 0 Å². The van der Waals surface area contributed by atoms with Gasteiger partial charge in [-0.3, -0.25) is 0 Å². The van der Waals surface area contributed by atoms with Crippen LogP contribution in [0, 0.1) is 0 Å².